The van der Waals surface area contributed by atoms with Gasteiger partial charge in [-0.15, -0.1) is 0 Å². The minimum absolute atomic E-state index is 0.0718. The SMILES string of the molecule is CC(C)C(C)n1cc(N)c(C(=O)O)n1. The molecule has 14 heavy (non-hydrogen) atoms. The highest BCUT2D eigenvalue weighted by Gasteiger charge is 2.17. The normalized spacial score (nSPS) is 13.1. The van der Waals surface area contributed by atoms with Gasteiger partial charge in [-0.05, 0) is 12.8 Å². The molecule has 0 aliphatic carbocycles. The molecule has 0 aliphatic heterocycles. The zero-order chi connectivity index (χ0) is 10.9. The fraction of sp³-hybridized carbons (Fsp3) is 0.556. The summed E-state index contributed by atoms with van der Waals surface area (Å²) >= 11 is 0. The maximum Gasteiger partial charge on any atom is 0.358 e. The average Bonchev–Trinajstić information content (AvgIpc) is 2.45. The van der Waals surface area contributed by atoms with Gasteiger partial charge in [0.15, 0.2) is 5.69 Å². The number of nitrogens with zero attached hydrogens (tertiary/aromatic N) is 2. The Balaban J connectivity index is 3.02. The van der Waals surface area contributed by atoms with Crippen LogP contribution in [0, 0.1) is 5.92 Å². The van der Waals surface area contributed by atoms with Crippen molar-refractivity contribution in [2.45, 2.75) is 26.8 Å². The van der Waals surface area contributed by atoms with Gasteiger partial charge in [-0.3, -0.25) is 4.68 Å². The second kappa shape index (κ2) is 3.69. The first-order valence-electron chi connectivity index (χ1n) is 4.51. The van der Waals surface area contributed by atoms with Crippen molar-refractivity contribution in [1.29, 1.82) is 0 Å². The van der Waals surface area contributed by atoms with Gasteiger partial charge in [0, 0.05) is 6.20 Å². The summed E-state index contributed by atoms with van der Waals surface area (Å²) in [5.74, 6) is -0.701. The van der Waals surface area contributed by atoms with E-state index >= 15 is 0 Å². The summed E-state index contributed by atoms with van der Waals surface area (Å²) in [6.45, 7) is 6.06. The van der Waals surface area contributed by atoms with Crippen LogP contribution in [0.3, 0.4) is 0 Å². The predicted molar refractivity (Wildman–Crippen MR) is 53.1 cm³/mol. The van der Waals surface area contributed by atoms with Gasteiger partial charge in [-0.25, -0.2) is 4.79 Å². The Morgan fingerprint density at radius 3 is 2.50 bits per heavy atom. The molecule has 3 N–H and O–H groups in total. The van der Waals surface area contributed by atoms with E-state index in [0.717, 1.165) is 0 Å². The molecule has 1 unspecified atom stereocenters. The number of carboxylic acid groups (broad SMARTS) is 1. The Hall–Kier alpha value is -1.52. The zero-order valence-corrected chi connectivity index (χ0v) is 8.56. The van der Waals surface area contributed by atoms with Gasteiger partial charge in [0.2, 0.25) is 0 Å². The number of aromatic carboxylic acids is 1. The third-order valence-electron chi connectivity index (χ3n) is 2.34. The Kier molecular flexibility index (Phi) is 2.78. The minimum Gasteiger partial charge on any atom is -0.476 e. The molecule has 1 aromatic heterocycles. The molecule has 1 rings (SSSR count). The molecule has 0 aliphatic rings. The maximum atomic E-state index is 10.7. The monoisotopic (exact) mass is 197 g/mol. The number of hydrogen-bond acceptors (Lipinski definition) is 3. The number of anilines is 1. The van der Waals surface area contributed by atoms with Crippen LogP contribution in [0.5, 0.6) is 0 Å². The Bertz CT molecular complexity index is 344. The van der Waals surface area contributed by atoms with Gasteiger partial charge in [0.1, 0.15) is 0 Å². The van der Waals surface area contributed by atoms with Gasteiger partial charge in [-0.2, -0.15) is 5.10 Å². The molecule has 0 saturated carbocycles. The molecule has 1 heterocycles. The third-order valence-corrected chi connectivity index (χ3v) is 2.34. The van der Waals surface area contributed by atoms with Crippen molar-refractivity contribution >= 4 is 11.7 Å². The van der Waals surface area contributed by atoms with Crippen molar-refractivity contribution in [2.24, 2.45) is 5.92 Å². The fourth-order valence-electron chi connectivity index (χ4n) is 1.09. The first kappa shape index (κ1) is 10.6. The number of carboxylic acids is 1. The number of nitrogens with two attached hydrogens (primary N) is 1. The number of rotatable bonds is 3. The van der Waals surface area contributed by atoms with E-state index in [9.17, 15) is 4.79 Å². The predicted octanol–water partition coefficient (Wildman–Crippen LogP) is 1.38. The van der Waals surface area contributed by atoms with Crippen LogP contribution < -0.4 is 5.73 Å². The first-order chi connectivity index (χ1) is 6.43. The molecule has 0 fully saturated rings. The Morgan fingerprint density at radius 2 is 2.14 bits per heavy atom. The van der Waals surface area contributed by atoms with Gasteiger partial charge in [0.05, 0.1) is 11.7 Å². The van der Waals surface area contributed by atoms with Crippen molar-refractivity contribution in [3.8, 4) is 0 Å². The topological polar surface area (TPSA) is 81.1 Å². The molecular formula is C9H15N3O2. The van der Waals surface area contributed by atoms with Gasteiger partial charge in [0.25, 0.3) is 0 Å². The van der Waals surface area contributed by atoms with Crippen LogP contribution in [0.1, 0.15) is 37.3 Å². The molecular weight excluding hydrogens is 182 g/mol. The van der Waals surface area contributed by atoms with Crippen LogP contribution in [-0.4, -0.2) is 20.9 Å². The highest BCUT2D eigenvalue weighted by molar-refractivity contribution is 5.91. The lowest BCUT2D eigenvalue weighted by molar-refractivity contribution is 0.0690. The van der Waals surface area contributed by atoms with Crippen LogP contribution in [-0.2, 0) is 0 Å². The van der Waals surface area contributed by atoms with Crippen LogP contribution in [0.25, 0.3) is 0 Å². The second-order valence-corrected chi connectivity index (χ2v) is 3.70. The molecule has 0 spiro atoms. The van der Waals surface area contributed by atoms with Crippen LogP contribution >= 0.6 is 0 Å². The summed E-state index contributed by atoms with van der Waals surface area (Å²) in [7, 11) is 0. The van der Waals surface area contributed by atoms with E-state index in [2.05, 4.69) is 5.10 Å². The summed E-state index contributed by atoms with van der Waals surface area (Å²) in [6, 6.07) is 0.144. The largest absolute Gasteiger partial charge is 0.476 e. The van der Waals surface area contributed by atoms with Crippen LogP contribution in [0.4, 0.5) is 5.69 Å². The maximum absolute atomic E-state index is 10.7. The molecule has 0 bridgehead atoms. The molecule has 0 aromatic carbocycles. The number of hydrogen-bond donors (Lipinski definition) is 2. The summed E-state index contributed by atoms with van der Waals surface area (Å²) in [5.41, 5.74) is 5.66. The lowest BCUT2D eigenvalue weighted by Crippen LogP contribution is -2.12. The number of aromatic nitrogens is 2. The molecule has 0 saturated heterocycles. The van der Waals surface area contributed by atoms with E-state index in [-0.39, 0.29) is 17.4 Å². The van der Waals surface area contributed by atoms with E-state index < -0.39 is 5.97 Å². The summed E-state index contributed by atoms with van der Waals surface area (Å²) < 4.78 is 1.60. The molecule has 0 amide bonds. The van der Waals surface area contributed by atoms with Crippen LogP contribution in [0.2, 0.25) is 0 Å². The molecule has 1 atom stereocenters. The average molecular weight is 197 g/mol. The van der Waals surface area contributed by atoms with E-state index in [0.29, 0.717) is 5.92 Å². The zero-order valence-electron chi connectivity index (χ0n) is 8.56. The second-order valence-electron chi connectivity index (χ2n) is 3.70. The summed E-state index contributed by atoms with van der Waals surface area (Å²) in [4.78, 5) is 10.7. The molecule has 5 heteroatoms. The third kappa shape index (κ3) is 1.86. The number of carbonyl (C=O) groups is 1. The van der Waals surface area contributed by atoms with Crippen molar-refractivity contribution in [3.63, 3.8) is 0 Å². The highest BCUT2D eigenvalue weighted by atomic mass is 16.4. The van der Waals surface area contributed by atoms with E-state index in [1.807, 2.05) is 20.8 Å². The van der Waals surface area contributed by atoms with Crippen LogP contribution in [0.15, 0.2) is 6.20 Å². The lowest BCUT2D eigenvalue weighted by atomic mass is 10.1. The Morgan fingerprint density at radius 1 is 1.57 bits per heavy atom. The van der Waals surface area contributed by atoms with E-state index in [1.54, 1.807) is 10.9 Å². The quantitative estimate of drug-likeness (QED) is 0.767. The van der Waals surface area contributed by atoms with Gasteiger partial charge in [-0.1, -0.05) is 13.8 Å². The Labute approximate surface area is 82.5 Å². The van der Waals surface area contributed by atoms with E-state index in [1.165, 1.54) is 0 Å². The van der Waals surface area contributed by atoms with E-state index in [4.69, 9.17) is 10.8 Å². The number of nitrogen functional groups attached to an aromatic ring is 1. The summed E-state index contributed by atoms with van der Waals surface area (Å²) in [5, 5.41) is 12.7. The molecule has 78 valence electrons. The fourth-order valence-corrected chi connectivity index (χ4v) is 1.09. The van der Waals surface area contributed by atoms with Gasteiger partial charge >= 0.3 is 5.97 Å². The highest BCUT2D eigenvalue weighted by Crippen LogP contribution is 2.19. The first-order valence-corrected chi connectivity index (χ1v) is 4.51. The van der Waals surface area contributed by atoms with Crippen molar-refractivity contribution in [2.75, 3.05) is 5.73 Å². The van der Waals surface area contributed by atoms with Crippen molar-refractivity contribution in [1.82, 2.24) is 9.78 Å². The standard InChI is InChI=1S/C9H15N3O2/c1-5(2)6(3)12-4-7(10)8(11-12)9(13)14/h4-6H,10H2,1-3H3,(H,13,14). The van der Waals surface area contributed by atoms with Crippen molar-refractivity contribution in [3.05, 3.63) is 11.9 Å². The van der Waals surface area contributed by atoms with Crippen molar-refractivity contribution < 1.29 is 9.90 Å². The molecule has 1 aromatic rings. The molecule has 5 nitrogen and oxygen atoms in total. The van der Waals surface area contributed by atoms with Gasteiger partial charge < -0.3 is 10.8 Å². The molecule has 0 radical (unpaired) electrons. The minimum atomic E-state index is -1.09. The smallest absolute Gasteiger partial charge is 0.358 e. The lowest BCUT2D eigenvalue weighted by Gasteiger charge is -2.15. The summed E-state index contributed by atoms with van der Waals surface area (Å²) in [6.07, 6.45) is 1.56.